The van der Waals surface area contributed by atoms with Crippen LogP contribution >= 0.6 is 11.3 Å². The summed E-state index contributed by atoms with van der Waals surface area (Å²) >= 11 is 1.69. The van der Waals surface area contributed by atoms with Crippen LogP contribution in [0.3, 0.4) is 0 Å². The molecule has 1 aliphatic heterocycles. The third-order valence-corrected chi connectivity index (χ3v) is 5.02. The average molecular weight is 309 g/mol. The van der Waals surface area contributed by atoms with Gasteiger partial charge in [-0.15, -0.1) is 0 Å². The van der Waals surface area contributed by atoms with Gasteiger partial charge >= 0.3 is 0 Å². The summed E-state index contributed by atoms with van der Waals surface area (Å²) in [6, 6.07) is 2.11. The van der Waals surface area contributed by atoms with Crippen molar-refractivity contribution in [3.05, 3.63) is 22.4 Å². The summed E-state index contributed by atoms with van der Waals surface area (Å²) in [5.41, 5.74) is 0.784. The van der Waals surface area contributed by atoms with Crippen molar-refractivity contribution in [2.24, 2.45) is 0 Å². The summed E-state index contributed by atoms with van der Waals surface area (Å²) in [7, 11) is 4.18. The van der Waals surface area contributed by atoms with E-state index in [0.717, 1.165) is 32.4 Å². The van der Waals surface area contributed by atoms with Gasteiger partial charge in [0.2, 0.25) is 5.91 Å². The second-order valence-electron chi connectivity index (χ2n) is 6.30. The molecule has 1 amide bonds. The molecule has 0 spiro atoms. The highest BCUT2D eigenvalue weighted by molar-refractivity contribution is 7.07. The summed E-state index contributed by atoms with van der Waals surface area (Å²) in [6.07, 6.45) is 3.02. The Morgan fingerprint density at radius 2 is 2.19 bits per heavy atom. The molecule has 1 aromatic heterocycles. The summed E-state index contributed by atoms with van der Waals surface area (Å²) in [5, 5.41) is 7.76. The number of carbonyl (C=O) groups is 1. The monoisotopic (exact) mass is 309 g/mol. The molecule has 2 rings (SSSR count). The second-order valence-corrected chi connectivity index (χ2v) is 7.08. The SMILES string of the molecule is CCC1(C)NC(c2ccsc2)N(CCCCN(C)C)C1=O. The zero-order valence-electron chi connectivity index (χ0n) is 13.6. The lowest BCUT2D eigenvalue weighted by molar-refractivity contribution is -0.133. The van der Waals surface area contributed by atoms with Gasteiger partial charge in [0.15, 0.2) is 0 Å². The number of unbranched alkanes of at least 4 members (excludes halogenated alkanes) is 1. The highest BCUT2D eigenvalue weighted by atomic mass is 32.1. The zero-order valence-corrected chi connectivity index (χ0v) is 14.4. The molecule has 5 heteroatoms. The fraction of sp³-hybridized carbons (Fsp3) is 0.688. The molecular weight excluding hydrogens is 282 g/mol. The van der Waals surface area contributed by atoms with Crippen molar-refractivity contribution in [2.45, 2.75) is 44.8 Å². The minimum Gasteiger partial charge on any atom is -0.321 e. The van der Waals surface area contributed by atoms with E-state index in [-0.39, 0.29) is 12.1 Å². The fourth-order valence-corrected chi connectivity index (χ4v) is 3.44. The standard InChI is InChI=1S/C16H27N3OS/c1-5-16(2)15(20)19(10-7-6-9-18(3)4)14(17-16)13-8-11-21-12-13/h8,11-12,14,17H,5-7,9-10H2,1-4H3. The van der Waals surface area contributed by atoms with E-state index in [1.54, 1.807) is 11.3 Å². The predicted molar refractivity (Wildman–Crippen MR) is 88.4 cm³/mol. The summed E-state index contributed by atoms with van der Waals surface area (Å²) in [4.78, 5) is 17.0. The minimum atomic E-state index is -0.422. The van der Waals surface area contributed by atoms with E-state index in [2.05, 4.69) is 48.1 Å². The first-order valence-corrected chi connectivity index (χ1v) is 8.68. The molecule has 118 valence electrons. The van der Waals surface area contributed by atoms with Crippen LogP contribution in [0.4, 0.5) is 0 Å². The lowest BCUT2D eigenvalue weighted by Crippen LogP contribution is -2.43. The van der Waals surface area contributed by atoms with E-state index in [1.165, 1.54) is 5.56 Å². The Labute approximate surface area is 132 Å². The molecule has 0 aromatic carbocycles. The van der Waals surface area contributed by atoms with Crippen LogP contribution in [-0.4, -0.2) is 48.4 Å². The Morgan fingerprint density at radius 3 is 2.76 bits per heavy atom. The van der Waals surface area contributed by atoms with Gasteiger partial charge in [-0.2, -0.15) is 11.3 Å². The summed E-state index contributed by atoms with van der Waals surface area (Å²) < 4.78 is 0. The molecule has 2 heterocycles. The molecule has 1 aromatic rings. The van der Waals surface area contributed by atoms with Crippen molar-refractivity contribution >= 4 is 17.2 Å². The molecule has 1 N–H and O–H groups in total. The highest BCUT2D eigenvalue weighted by Crippen LogP contribution is 2.33. The van der Waals surface area contributed by atoms with Crippen LogP contribution in [0.5, 0.6) is 0 Å². The number of nitrogens with zero attached hydrogens (tertiary/aromatic N) is 2. The van der Waals surface area contributed by atoms with Crippen LogP contribution in [0, 0.1) is 0 Å². The van der Waals surface area contributed by atoms with Gasteiger partial charge in [-0.3, -0.25) is 10.1 Å². The molecule has 1 aliphatic rings. The van der Waals surface area contributed by atoms with Gasteiger partial charge in [-0.25, -0.2) is 0 Å². The van der Waals surface area contributed by atoms with Gasteiger partial charge in [-0.1, -0.05) is 6.92 Å². The summed E-state index contributed by atoms with van der Waals surface area (Å²) in [5.74, 6) is 0.242. The Kier molecular flexibility index (Phi) is 5.41. The molecule has 1 fully saturated rings. The van der Waals surface area contributed by atoms with Gasteiger partial charge < -0.3 is 9.80 Å². The molecule has 0 radical (unpaired) electrons. The second kappa shape index (κ2) is 6.90. The molecule has 0 saturated carbocycles. The molecule has 0 bridgehead atoms. The topological polar surface area (TPSA) is 35.6 Å². The number of thiophene rings is 1. The van der Waals surface area contributed by atoms with Crippen molar-refractivity contribution in [3.63, 3.8) is 0 Å². The first kappa shape index (κ1) is 16.5. The third kappa shape index (κ3) is 3.65. The van der Waals surface area contributed by atoms with E-state index in [9.17, 15) is 4.79 Å². The average Bonchev–Trinajstić information content (AvgIpc) is 3.05. The molecule has 2 atom stereocenters. The van der Waals surface area contributed by atoms with Crippen molar-refractivity contribution in [3.8, 4) is 0 Å². The van der Waals surface area contributed by atoms with E-state index >= 15 is 0 Å². The highest BCUT2D eigenvalue weighted by Gasteiger charge is 2.46. The van der Waals surface area contributed by atoms with Gasteiger partial charge in [0.1, 0.15) is 6.17 Å². The maximum absolute atomic E-state index is 12.7. The number of nitrogens with one attached hydrogen (secondary N) is 1. The van der Waals surface area contributed by atoms with Crippen LogP contribution < -0.4 is 5.32 Å². The van der Waals surface area contributed by atoms with Crippen molar-refractivity contribution in [1.29, 1.82) is 0 Å². The Hall–Kier alpha value is -0.910. The maximum Gasteiger partial charge on any atom is 0.244 e. The third-order valence-electron chi connectivity index (χ3n) is 4.32. The fourth-order valence-electron chi connectivity index (χ4n) is 2.76. The van der Waals surface area contributed by atoms with Crippen LogP contribution in [0.25, 0.3) is 0 Å². The maximum atomic E-state index is 12.7. The van der Waals surface area contributed by atoms with Gasteiger partial charge in [0.05, 0.1) is 5.54 Å². The van der Waals surface area contributed by atoms with E-state index in [0.29, 0.717) is 0 Å². The predicted octanol–water partition coefficient (Wildman–Crippen LogP) is 2.69. The summed E-state index contributed by atoms with van der Waals surface area (Å²) in [6.45, 7) is 6.00. The quantitative estimate of drug-likeness (QED) is 0.787. The van der Waals surface area contributed by atoms with E-state index in [4.69, 9.17) is 0 Å². The largest absolute Gasteiger partial charge is 0.321 e. The van der Waals surface area contributed by atoms with Crippen LogP contribution in [-0.2, 0) is 4.79 Å². The molecule has 2 unspecified atom stereocenters. The van der Waals surface area contributed by atoms with Gasteiger partial charge in [0, 0.05) is 6.54 Å². The Morgan fingerprint density at radius 1 is 1.43 bits per heavy atom. The van der Waals surface area contributed by atoms with Crippen LogP contribution in [0.1, 0.15) is 44.8 Å². The lowest BCUT2D eigenvalue weighted by Gasteiger charge is -2.24. The molecule has 0 aliphatic carbocycles. The van der Waals surface area contributed by atoms with Crippen LogP contribution in [0.15, 0.2) is 16.8 Å². The van der Waals surface area contributed by atoms with Gasteiger partial charge in [0.25, 0.3) is 0 Å². The van der Waals surface area contributed by atoms with Crippen LogP contribution in [0.2, 0.25) is 0 Å². The van der Waals surface area contributed by atoms with Crippen molar-refractivity contribution in [2.75, 3.05) is 27.2 Å². The Balaban J connectivity index is 2.05. The first-order valence-electron chi connectivity index (χ1n) is 7.73. The number of hydrogen-bond acceptors (Lipinski definition) is 4. The Bertz CT molecular complexity index is 460. The normalized spacial score (nSPS) is 26.0. The number of carbonyl (C=O) groups excluding carboxylic acids is 1. The van der Waals surface area contributed by atoms with E-state index in [1.807, 2.05) is 11.8 Å². The molecule has 4 nitrogen and oxygen atoms in total. The van der Waals surface area contributed by atoms with Crippen molar-refractivity contribution in [1.82, 2.24) is 15.1 Å². The lowest BCUT2D eigenvalue weighted by atomic mass is 9.99. The minimum absolute atomic E-state index is 0.0352. The molecule has 21 heavy (non-hydrogen) atoms. The van der Waals surface area contributed by atoms with Crippen molar-refractivity contribution < 1.29 is 4.79 Å². The number of amides is 1. The molecular formula is C16H27N3OS. The zero-order chi connectivity index (χ0) is 15.5. The number of hydrogen-bond donors (Lipinski definition) is 1. The van der Waals surface area contributed by atoms with Gasteiger partial charge in [-0.05, 0) is 69.2 Å². The number of rotatable bonds is 7. The first-order chi connectivity index (χ1) is 9.98. The van der Waals surface area contributed by atoms with E-state index < -0.39 is 5.54 Å². The smallest absolute Gasteiger partial charge is 0.244 e. The molecule has 1 saturated heterocycles.